The number of hydrogen-bond acceptors (Lipinski definition) is 7. The quantitative estimate of drug-likeness (QED) is 0.522. The van der Waals surface area contributed by atoms with Crippen LogP contribution in [0.1, 0.15) is 5.56 Å². The molecular formula is C16H17BrN4O4S. The van der Waals surface area contributed by atoms with Crippen molar-refractivity contribution in [3.63, 3.8) is 0 Å². The van der Waals surface area contributed by atoms with Gasteiger partial charge in [-0.15, -0.1) is 5.10 Å². The third-order valence-electron chi connectivity index (χ3n) is 3.60. The van der Waals surface area contributed by atoms with Crippen LogP contribution in [0.15, 0.2) is 38.7 Å². The number of ether oxygens (including phenoxy) is 3. The van der Waals surface area contributed by atoms with E-state index in [-0.39, 0.29) is 12.4 Å². The van der Waals surface area contributed by atoms with Gasteiger partial charge in [-0.05, 0) is 33.6 Å². The van der Waals surface area contributed by atoms with Gasteiger partial charge in [-0.2, -0.15) is 4.52 Å². The van der Waals surface area contributed by atoms with Crippen molar-refractivity contribution in [3.8, 4) is 11.6 Å². The molecule has 0 saturated heterocycles. The Morgan fingerprint density at radius 1 is 1.15 bits per heavy atom. The number of benzene rings is 1. The summed E-state index contributed by atoms with van der Waals surface area (Å²) in [5.41, 5.74) is 1.13. The molecule has 1 aromatic carbocycles. The first-order valence-corrected chi connectivity index (χ1v) is 9.34. The van der Waals surface area contributed by atoms with Crippen LogP contribution in [0, 0.1) is 0 Å². The van der Waals surface area contributed by atoms with Crippen LogP contribution >= 0.6 is 27.7 Å². The van der Waals surface area contributed by atoms with E-state index in [1.165, 1.54) is 35.1 Å². The molecule has 8 nitrogen and oxygen atoms in total. The van der Waals surface area contributed by atoms with E-state index >= 15 is 0 Å². The van der Waals surface area contributed by atoms with Gasteiger partial charge in [0.15, 0.2) is 10.8 Å². The van der Waals surface area contributed by atoms with Crippen molar-refractivity contribution in [2.75, 3.05) is 21.3 Å². The van der Waals surface area contributed by atoms with E-state index in [0.29, 0.717) is 26.9 Å². The molecule has 2 heterocycles. The zero-order valence-corrected chi connectivity index (χ0v) is 16.8. The second kappa shape index (κ2) is 8.11. The van der Waals surface area contributed by atoms with Crippen LogP contribution in [0.3, 0.4) is 0 Å². The minimum Gasteiger partial charge on any atom is -0.497 e. The fraction of sp³-hybridized carbons (Fsp3) is 0.312. The molecule has 0 fully saturated rings. The molecule has 10 heteroatoms. The predicted molar refractivity (Wildman–Crippen MR) is 101 cm³/mol. The number of rotatable bonds is 7. The third kappa shape index (κ3) is 3.57. The van der Waals surface area contributed by atoms with Crippen LogP contribution in [0.25, 0.3) is 5.65 Å². The first-order valence-electron chi connectivity index (χ1n) is 7.56. The molecule has 0 spiro atoms. The molecule has 0 atom stereocenters. The number of halogens is 1. The largest absolute Gasteiger partial charge is 0.497 e. The molecule has 0 aliphatic rings. The lowest BCUT2D eigenvalue weighted by Gasteiger charge is -2.11. The second-order valence-electron chi connectivity index (χ2n) is 5.22. The van der Waals surface area contributed by atoms with Gasteiger partial charge in [-0.3, -0.25) is 0 Å². The molecule has 3 rings (SSSR count). The minimum absolute atomic E-state index is 0.0759. The van der Waals surface area contributed by atoms with Crippen LogP contribution in [0.5, 0.6) is 11.6 Å². The van der Waals surface area contributed by atoms with E-state index in [4.69, 9.17) is 14.2 Å². The monoisotopic (exact) mass is 440 g/mol. The molecule has 26 heavy (non-hydrogen) atoms. The smallest absolute Gasteiger partial charge is 0.354 e. The molecule has 0 saturated carbocycles. The number of hydrogen-bond donors (Lipinski definition) is 0. The first-order chi connectivity index (χ1) is 12.6. The van der Waals surface area contributed by atoms with Crippen molar-refractivity contribution >= 4 is 33.3 Å². The zero-order chi connectivity index (χ0) is 18.7. The van der Waals surface area contributed by atoms with Crippen LogP contribution in [0.2, 0.25) is 0 Å². The van der Waals surface area contributed by atoms with E-state index in [0.717, 1.165) is 11.3 Å². The Morgan fingerprint density at radius 3 is 2.50 bits per heavy atom. The summed E-state index contributed by atoms with van der Waals surface area (Å²) >= 11 is 4.82. The predicted octanol–water partition coefficient (Wildman–Crippen LogP) is 2.57. The summed E-state index contributed by atoms with van der Waals surface area (Å²) in [5.74, 6) is 1.74. The molecular weight excluding hydrogens is 424 g/mol. The van der Waals surface area contributed by atoms with E-state index in [1.807, 2.05) is 24.3 Å². The van der Waals surface area contributed by atoms with Crippen molar-refractivity contribution in [2.24, 2.45) is 0 Å². The summed E-state index contributed by atoms with van der Waals surface area (Å²) < 4.78 is 18.6. The standard InChI is InChI=1S/C16H17BrN4O4S/c1-23-9-20-15(26-8-10-4-6-11(24-2)7-5-10)18-13-12(17)14(25-3)19-21(13)16(20)22/h4-7H,8-9H2,1-3H3. The van der Waals surface area contributed by atoms with Crippen LogP contribution in [-0.4, -0.2) is 40.5 Å². The molecule has 0 aliphatic heterocycles. The van der Waals surface area contributed by atoms with Crippen LogP contribution < -0.4 is 15.2 Å². The van der Waals surface area contributed by atoms with Crippen LogP contribution in [0.4, 0.5) is 0 Å². The summed E-state index contributed by atoms with van der Waals surface area (Å²) in [5, 5.41) is 4.66. The first kappa shape index (κ1) is 18.7. The van der Waals surface area contributed by atoms with E-state index < -0.39 is 0 Å². The topological polar surface area (TPSA) is 79.9 Å². The van der Waals surface area contributed by atoms with Gasteiger partial charge < -0.3 is 14.2 Å². The van der Waals surface area contributed by atoms with Gasteiger partial charge >= 0.3 is 5.69 Å². The molecule has 0 amide bonds. The van der Waals surface area contributed by atoms with Gasteiger partial charge in [0.25, 0.3) is 0 Å². The molecule has 3 aromatic rings. The van der Waals surface area contributed by atoms with Crippen LogP contribution in [-0.2, 0) is 17.2 Å². The normalized spacial score (nSPS) is 11.1. The van der Waals surface area contributed by atoms with Gasteiger partial charge in [0.05, 0.1) is 14.2 Å². The fourth-order valence-corrected chi connectivity index (χ4v) is 3.72. The number of aromatic nitrogens is 4. The van der Waals surface area contributed by atoms with Gasteiger partial charge in [-0.1, -0.05) is 23.9 Å². The highest BCUT2D eigenvalue weighted by Gasteiger charge is 2.19. The number of methoxy groups -OCH3 is 3. The molecule has 0 unspecified atom stereocenters. The molecule has 2 aromatic heterocycles. The van der Waals surface area contributed by atoms with Crippen molar-refractivity contribution in [2.45, 2.75) is 17.6 Å². The van der Waals surface area contributed by atoms with Crippen molar-refractivity contribution < 1.29 is 14.2 Å². The Bertz CT molecular complexity index is 971. The SMILES string of the molecule is COCn1c(SCc2ccc(OC)cc2)nc2c(Br)c(OC)nn2c1=O. The number of thioether (sulfide) groups is 1. The minimum atomic E-state index is -0.349. The Labute approximate surface area is 162 Å². The van der Waals surface area contributed by atoms with Crippen molar-refractivity contribution in [1.29, 1.82) is 0 Å². The Balaban J connectivity index is 1.98. The lowest BCUT2D eigenvalue weighted by Crippen LogP contribution is -2.30. The average molecular weight is 441 g/mol. The average Bonchev–Trinajstić information content (AvgIpc) is 2.99. The maximum Gasteiger partial charge on any atom is 0.354 e. The zero-order valence-electron chi connectivity index (χ0n) is 14.4. The van der Waals surface area contributed by atoms with Gasteiger partial charge in [0, 0.05) is 12.9 Å². The summed E-state index contributed by atoms with van der Waals surface area (Å²) in [6.45, 7) is 0.0759. The summed E-state index contributed by atoms with van der Waals surface area (Å²) in [6.07, 6.45) is 0. The maximum absolute atomic E-state index is 12.8. The summed E-state index contributed by atoms with van der Waals surface area (Å²) in [7, 11) is 4.64. The number of fused-ring (bicyclic) bond motifs is 1. The molecule has 0 aliphatic carbocycles. The second-order valence-corrected chi connectivity index (χ2v) is 6.95. The highest BCUT2D eigenvalue weighted by molar-refractivity contribution is 9.10. The lowest BCUT2D eigenvalue weighted by molar-refractivity contribution is 0.117. The van der Waals surface area contributed by atoms with E-state index in [9.17, 15) is 4.79 Å². The molecule has 0 radical (unpaired) electrons. The molecule has 0 N–H and O–H groups in total. The van der Waals surface area contributed by atoms with E-state index in [2.05, 4.69) is 26.0 Å². The summed E-state index contributed by atoms with van der Waals surface area (Å²) in [6, 6.07) is 7.74. The Morgan fingerprint density at radius 2 is 1.88 bits per heavy atom. The molecule has 0 bridgehead atoms. The Kier molecular flexibility index (Phi) is 5.84. The van der Waals surface area contributed by atoms with E-state index in [1.54, 1.807) is 7.11 Å². The highest BCUT2D eigenvalue weighted by Crippen LogP contribution is 2.28. The Hall–Kier alpha value is -2.04. The van der Waals surface area contributed by atoms with Gasteiger partial charge in [0.1, 0.15) is 17.0 Å². The number of nitrogens with zero attached hydrogens (tertiary/aromatic N) is 4. The third-order valence-corrected chi connectivity index (χ3v) is 5.34. The molecule has 138 valence electrons. The van der Waals surface area contributed by atoms with Crippen molar-refractivity contribution in [3.05, 3.63) is 44.8 Å². The lowest BCUT2D eigenvalue weighted by atomic mass is 10.2. The van der Waals surface area contributed by atoms with Crippen molar-refractivity contribution in [1.82, 2.24) is 19.2 Å². The maximum atomic E-state index is 12.8. The highest BCUT2D eigenvalue weighted by atomic mass is 79.9. The van der Waals surface area contributed by atoms with Gasteiger partial charge in [-0.25, -0.2) is 14.3 Å². The van der Waals surface area contributed by atoms with Gasteiger partial charge in [0.2, 0.25) is 5.88 Å². The summed E-state index contributed by atoms with van der Waals surface area (Å²) in [4.78, 5) is 17.3. The fourth-order valence-electron chi connectivity index (χ4n) is 2.30.